The van der Waals surface area contributed by atoms with Gasteiger partial charge in [0.1, 0.15) is 11.5 Å². The molecular weight excluding hydrogens is 324 g/mol. The van der Waals surface area contributed by atoms with Crippen molar-refractivity contribution in [1.82, 2.24) is 19.4 Å². The number of hydrogen-bond acceptors (Lipinski definition) is 3. The quantitative estimate of drug-likeness (QED) is 0.726. The van der Waals surface area contributed by atoms with Crippen LogP contribution in [-0.2, 0) is 0 Å². The fourth-order valence-corrected chi connectivity index (χ4v) is 4.07. The van der Waals surface area contributed by atoms with E-state index in [1.54, 1.807) is 0 Å². The van der Waals surface area contributed by atoms with Crippen LogP contribution in [-0.4, -0.2) is 38.4 Å². The Hall–Kier alpha value is -2.69. The molecule has 1 unspecified atom stereocenters. The molecule has 3 heterocycles. The maximum absolute atomic E-state index is 13.0. The molecule has 2 aliphatic rings. The highest BCUT2D eigenvalue weighted by atomic mass is 16.2. The van der Waals surface area contributed by atoms with Gasteiger partial charge in [-0.25, -0.2) is 9.97 Å². The van der Waals surface area contributed by atoms with E-state index in [1.807, 2.05) is 47.5 Å². The molecule has 1 saturated heterocycles. The molecule has 1 aliphatic carbocycles. The average molecular weight is 346 g/mol. The van der Waals surface area contributed by atoms with Gasteiger partial charge in [0.05, 0.1) is 11.6 Å². The largest absolute Gasteiger partial charge is 0.335 e. The number of fused-ring (bicyclic) bond motifs is 1. The summed E-state index contributed by atoms with van der Waals surface area (Å²) >= 11 is 0. The fourth-order valence-electron chi connectivity index (χ4n) is 4.07. The molecule has 1 aromatic carbocycles. The van der Waals surface area contributed by atoms with Crippen molar-refractivity contribution >= 4 is 16.8 Å². The van der Waals surface area contributed by atoms with Gasteiger partial charge in [-0.2, -0.15) is 0 Å². The molecule has 5 rings (SSSR count). The van der Waals surface area contributed by atoms with E-state index in [2.05, 4.69) is 21.5 Å². The predicted molar refractivity (Wildman–Crippen MR) is 100 cm³/mol. The molecule has 0 spiro atoms. The lowest BCUT2D eigenvalue weighted by Crippen LogP contribution is -2.30. The van der Waals surface area contributed by atoms with E-state index in [0.717, 1.165) is 30.4 Å². The zero-order valence-corrected chi connectivity index (χ0v) is 14.9. The van der Waals surface area contributed by atoms with Gasteiger partial charge in [-0.15, -0.1) is 0 Å². The van der Waals surface area contributed by atoms with E-state index in [0.29, 0.717) is 17.7 Å². The second-order valence-electron chi connectivity index (χ2n) is 7.48. The summed E-state index contributed by atoms with van der Waals surface area (Å²) in [6.07, 6.45) is 5.44. The van der Waals surface area contributed by atoms with E-state index in [9.17, 15) is 4.79 Å². The molecule has 3 aromatic rings. The number of amides is 1. The maximum Gasteiger partial charge on any atom is 0.272 e. The summed E-state index contributed by atoms with van der Waals surface area (Å²) in [5.74, 6) is 1.87. The SMILES string of the molecule is Cc1cnc(C2CC2)n1C1CCN(C(=O)c2ccc3ccccc3n2)C1. The third kappa shape index (κ3) is 2.59. The monoisotopic (exact) mass is 346 g/mol. The third-order valence-electron chi connectivity index (χ3n) is 5.59. The van der Waals surface area contributed by atoms with Gasteiger partial charge in [-0.3, -0.25) is 4.79 Å². The normalized spacial score (nSPS) is 20.0. The highest BCUT2D eigenvalue weighted by Gasteiger charge is 2.35. The molecule has 26 heavy (non-hydrogen) atoms. The number of aromatic nitrogens is 3. The van der Waals surface area contributed by atoms with Crippen molar-refractivity contribution in [1.29, 1.82) is 0 Å². The number of aryl methyl sites for hydroxylation is 1. The Kier molecular flexibility index (Phi) is 3.55. The van der Waals surface area contributed by atoms with Crippen molar-refractivity contribution in [3.63, 3.8) is 0 Å². The van der Waals surface area contributed by atoms with Gasteiger partial charge in [-0.05, 0) is 38.3 Å². The van der Waals surface area contributed by atoms with Crippen LogP contribution in [0.1, 0.15) is 53.2 Å². The molecular formula is C21H22N4O. The lowest BCUT2D eigenvalue weighted by atomic mass is 10.2. The molecule has 5 nitrogen and oxygen atoms in total. The number of benzene rings is 1. The molecule has 1 saturated carbocycles. The molecule has 0 bridgehead atoms. The Bertz CT molecular complexity index is 989. The Balaban J connectivity index is 1.38. The number of carbonyl (C=O) groups is 1. The number of likely N-dealkylation sites (tertiary alicyclic amines) is 1. The van der Waals surface area contributed by atoms with Crippen molar-refractivity contribution in [3.05, 3.63) is 59.8 Å². The van der Waals surface area contributed by atoms with Gasteiger partial charge in [0, 0.05) is 36.3 Å². The van der Waals surface area contributed by atoms with Gasteiger partial charge in [0.15, 0.2) is 0 Å². The minimum absolute atomic E-state index is 0.0315. The van der Waals surface area contributed by atoms with Crippen molar-refractivity contribution in [2.24, 2.45) is 0 Å². The van der Waals surface area contributed by atoms with Gasteiger partial charge in [-0.1, -0.05) is 24.3 Å². The van der Waals surface area contributed by atoms with Gasteiger partial charge in [0.2, 0.25) is 0 Å². The van der Waals surface area contributed by atoms with Crippen LogP contribution in [0.3, 0.4) is 0 Å². The number of hydrogen-bond donors (Lipinski definition) is 0. The highest BCUT2D eigenvalue weighted by Crippen LogP contribution is 2.41. The molecule has 1 amide bonds. The smallest absolute Gasteiger partial charge is 0.272 e. The van der Waals surface area contributed by atoms with Crippen LogP contribution in [0.5, 0.6) is 0 Å². The minimum atomic E-state index is 0.0315. The standard InChI is InChI=1S/C21H22N4O/c1-14-12-22-20(16-6-7-16)25(14)17-10-11-24(13-17)21(26)19-9-8-15-4-2-3-5-18(15)23-19/h2-5,8-9,12,16-17H,6-7,10-11,13H2,1H3. The second-order valence-corrected chi connectivity index (χ2v) is 7.48. The maximum atomic E-state index is 13.0. The first-order valence-corrected chi connectivity index (χ1v) is 9.39. The third-order valence-corrected chi connectivity index (χ3v) is 5.59. The molecule has 1 atom stereocenters. The van der Waals surface area contributed by atoms with Crippen molar-refractivity contribution < 1.29 is 4.79 Å². The average Bonchev–Trinajstić information content (AvgIpc) is 3.27. The molecule has 2 aromatic heterocycles. The van der Waals surface area contributed by atoms with Crippen molar-refractivity contribution in [3.8, 4) is 0 Å². The zero-order valence-electron chi connectivity index (χ0n) is 14.9. The second kappa shape index (κ2) is 5.94. The van der Waals surface area contributed by atoms with Gasteiger partial charge < -0.3 is 9.47 Å². The van der Waals surface area contributed by atoms with Crippen LogP contribution in [0.2, 0.25) is 0 Å². The Labute approximate surface area is 152 Å². The van der Waals surface area contributed by atoms with Crippen LogP contribution in [0.25, 0.3) is 10.9 Å². The lowest BCUT2D eigenvalue weighted by Gasteiger charge is -2.19. The van der Waals surface area contributed by atoms with E-state index in [4.69, 9.17) is 0 Å². The summed E-state index contributed by atoms with van der Waals surface area (Å²) in [4.78, 5) is 24.1. The topological polar surface area (TPSA) is 51.0 Å². The van der Waals surface area contributed by atoms with Crippen LogP contribution in [0.4, 0.5) is 0 Å². The molecule has 132 valence electrons. The fraction of sp³-hybridized carbons (Fsp3) is 0.381. The Morgan fingerprint density at radius 1 is 1.12 bits per heavy atom. The van der Waals surface area contributed by atoms with E-state index in [1.165, 1.54) is 24.4 Å². The van der Waals surface area contributed by atoms with E-state index in [-0.39, 0.29) is 5.91 Å². The van der Waals surface area contributed by atoms with E-state index < -0.39 is 0 Å². The Morgan fingerprint density at radius 3 is 2.81 bits per heavy atom. The Morgan fingerprint density at radius 2 is 1.96 bits per heavy atom. The van der Waals surface area contributed by atoms with Gasteiger partial charge >= 0.3 is 0 Å². The molecule has 5 heteroatoms. The predicted octanol–water partition coefficient (Wildman–Crippen LogP) is 3.70. The van der Waals surface area contributed by atoms with E-state index >= 15 is 0 Å². The molecule has 0 N–H and O–H groups in total. The first-order valence-electron chi connectivity index (χ1n) is 9.39. The summed E-state index contributed by atoms with van der Waals surface area (Å²) in [5.41, 5.74) is 2.61. The summed E-state index contributed by atoms with van der Waals surface area (Å²) in [6.45, 7) is 3.64. The minimum Gasteiger partial charge on any atom is -0.335 e. The lowest BCUT2D eigenvalue weighted by molar-refractivity contribution is 0.0782. The van der Waals surface area contributed by atoms with Crippen molar-refractivity contribution in [2.45, 2.75) is 38.1 Å². The molecule has 1 aliphatic heterocycles. The number of para-hydroxylation sites is 1. The van der Waals surface area contributed by atoms with Crippen LogP contribution < -0.4 is 0 Å². The summed E-state index contributed by atoms with van der Waals surface area (Å²) in [5, 5.41) is 1.06. The molecule has 2 fully saturated rings. The number of pyridine rings is 1. The summed E-state index contributed by atoms with van der Waals surface area (Å²) in [6, 6.07) is 12.1. The van der Waals surface area contributed by atoms with Crippen LogP contribution >= 0.6 is 0 Å². The van der Waals surface area contributed by atoms with Crippen molar-refractivity contribution in [2.75, 3.05) is 13.1 Å². The van der Waals surface area contributed by atoms with Crippen LogP contribution in [0.15, 0.2) is 42.6 Å². The number of rotatable bonds is 3. The van der Waals surface area contributed by atoms with Gasteiger partial charge in [0.25, 0.3) is 5.91 Å². The van der Waals surface area contributed by atoms with Crippen LogP contribution in [0, 0.1) is 6.92 Å². The highest BCUT2D eigenvalue weighted by molar-refractivity contribution is 5.95. The number of nitrogens with zero attached hydrogens (tertiary/aromatic N) is 4. The number of carbonyl (C=O) groups excluding carboxylic acids is 1. The molecule has 0 radical (unpaired) electrons. The first-order chi connectivity index (χ1) is 12.7. The first kappa shape index (κ1) is 15.6. The summed E-state index contributed by atoms with van der Waals surface area (Å²) < 4.78 is 2.37. The summed E-state index contributed by atoms with van der Waals surface area (Å²) in [7, 11) is 0. The number of imidazole rings is 1. The zero-order chi connectivity index (χ0) is 17.7.